The first-order valence-corrected chi connectivity index (χ1v) is 7.76. The first kappa shape index (κ1) is 13.4. The lowest BCUT2D eigenvalue weighted by atomic mass is 9.99. The monoisotopic (exact) mass is 358 g/mol. The lowest BCUT2D eigenvalue weighted by Gasteiger charge is -2.31. The molecule has 2 rings (SSSR count). The van der Waals surface area contributed by atoms with Crippen molar-refractivity contribution >= 4 is 34.8 Å². The maximum atomic E-state index is 9.48. The SMILES string of the molecule is CN(SON1CCC(C(O)I)CC1)C1CC1. The van der Waals surface area contributed by atoms with E-state index in [1.165, 1.54) is 25.1 Å². The van der Waals surface area contributed by atoms with Crippen LogP contribution in [0.25, 0.3) is 0 Å². The molecule has 1 N–H and O–H groups in total. The Morgan fingerprint density at radius 3 is 2.50 bits per heavy atom. The van der Waals surface area contributed by atoms with Crippen LogP contribution in [0.4, 0.5) is 0 Å². The minimum absolute atomic E-state index is 0.207. The molecular formula is C10H19IN2O2S. The minimum atomic E-state index is -0.207. The second-order valence-corrected chi connectivity index (χ2v) is 6.72. The lowest BCUT2D eigenvalue weighted by Crippen LogP contribution is -2.35. The molecule has 0 spiro atoms. The maximum Gasteiger partial charge on any atom is 0.108 e. The van der Waals surface area contributed by atoms with E-state index < -0.39 is 0 Å². The molecule has 0 aromatic heterocycles. The summed E-state index contributed by atoms with van der Waals surface area (Å²) in [7, 11) is 2.09. The second kappa shape index (κ2) is 6.19. The van der Waals surface area contributed by atoms with Crippen molar-refractivity contribution in [3.05, 3.63) is 0 Å². The van der Waals surface area contributed by atoms with E-state index in [9.17, 15) is 5.11 Å². The maximum absolute atomic E-state index is 9.48. The van der Waals surface area contributed by atoms with Gasteiger partial charge in [0.25, 0.3) is 0 Å². The summed E-state index contributed by atoms with van der Waals surface area (Å²) in [4.78, 5) is 0. The molecule has 4 nitrogen and oxygen atoms in total. The van der Waals surface area contributed by atoms with Crippen molar-refractivity contribution < 1.29 is 9.39 Å². The molecule has 0 aromatic rings. The first-order valence-electron chi connectivity index (χ1n) is 5.81. The van der Waals surface area contributed by atoms with Gasteiger partial charge in [-0.1, -0.05) is 22.6 Å². The van der Waals surface area contributed by atoms with E-state index in [-0.39, 0.29) is 4.11 Å². The number of piperidine rings is 1. The Morgan fingerprint density at radius 1 is 1.38 bits per heavy atom. The van der Waals surface area contributed by atoms with Gasteiger partial charge in [0.15, 0.2) is 0 Å². The molecule has 0 bridgehead atoms. The smallest absolute Gasteiger partial charge is 0.108 e. The van der Waals surface area contributed by atoms with Crippen LogP contribution < -0.4 is 0 Å². The fourth-order valence-electron chi connectivity index (χ4n) is 1.82. The van der Waals surface area contributed by atoms with Gasteiger partial charge in [-0.15, -0.1) is 0 Å². The van der Waals surface area contributed by atoms with Crippen LogP contribution in [0.5, 0.6) is 0 Å². The van der Waals surface area contributed by atoms with E-state index >= 15 is 0 Å². The van der Waals surface area contributed by atoms with Crippen LogP contribution in [-0.4, -0.2) is 44.8 Å². The average Bonchev–Trinajstić information content (AvgIpc) is 3.10. The number of alkyl halides is 1. The molecular weight excluding hydrogens is 339 g/mol. The van der Waals surface area contributed by atoms with Crippen molar-refractivity contribution in [2.45, 2.75) is 35.8 Å². The lowest BCUT2D eigenvalue weighted by molar-refractivity contribution is -0.0723. The predicted octanol–water partition coefficient (Wildman–Crippen LogP) is 2.04. The molecule has 0 amide bonds. The third-order valence-electron chi connectivity index (χ3n) is 3.20. The largest absolute Gasteiger partial charge is 0.382 e. The van der Waals surface area contributed by atoms with Crippen LogP contribution in [0.1, 0.15) is 25.7 Å². The molecule has 2 fully saturated rings. The number of hydrogen-bond acceptors (Lipinski definition) is 5. The molecule has 1 atom stereocenters. The Labute approximate surface area is 115 Å². The van der Waals surface area contributed by atoms with E-state index in [4.69, 9.17) is 4.28 Å². The van der Waals surface area contributed by atoms with E-state index in [1.807, 2.05) is 5.06 Å². The van der Waals surface area contributed by atoms with Gasteiger partial charge in [-0.2, -0.15) is 5.06 Å². The van der Waals surface area contributed by atoms with Crippen molar-refractivity contribution in [1.82, 2.24) is 9.37 Å². The van der Waals surface area contributed by atoms with Crippen LogP contribution in [0.3, 0.4) is 0 Å². The number of hydroxylamine groups is 2. The highest BCUT2D eigenvalue weighted by Gasteiger charge is 2.29. The highest BCUT2D eigenvalue weighted by Crippen LogP contribution is 2.32. The number of hydrogen-bond donors (Lipinski definition) is 1. The number of aliphatic hydroxyl groups is 1. The molecule has 16 heavy (non-hydrogen) atoms. The van der Waals surface area contributed by atoms with E-state index in [2.05, 4.69) is 33.9 Å². The summed E-state index contributed by atoms with van der Waals surface area (Å²) in [6, 6.07) is 0.721. The summed E-state index contributed by atoms with van der Waals surface area (Å²) in [5, 5.41) is 11.5. The highest BCUT2D eigenvalue weighted by molar-refractivity contribution is 14.1. The van der Waals surface area contributed by atoms with Gasteiger partial charge in [0.2, 0.25) is 0 Å². The van der Waals surface area contributed by atoms with Crippen LogP contribution in [0.2, 0.25) is 0 Å². The first-order chi connectivity index (χ1) is 7.66. The molecule has 94 valence electrons. The fraction of sp³-hybridized carbons (Fsp3) is 1.00. The van der Waals surface area contributed by atoms with Gasteiger partial charge in [0, 0.05) is 19.1 Å². The molecule has 0 aromatic carbocycles. The third kappa shape index (κ3) is 3.99. The molecule has 6 heteroatoms. The zero-order valence-electron chi connectivity index (χ0n) is 9.51. The molecule has 1 aliphatic carbocycles. The van der Waals surface area contributed by atoms with Crippen molar-refractivity contribution in [3.63, 3.8) is 0 Å². The summed E-state index contributed by atoms with van der Waals surface area (Å²) in [5.74, 6) is 0.437. The average molecular weight is 358 g/mol. The Kier molecular flexibility index (Phi) is 5.17. The summed E-state index contributed by atoms with van der Waals surface area (Å²) < 4.78 is 7.65. The molecule has 1 unspecified atom stereocenters. The molecule has 0 radical (unpaired) electrons. The highest BCUT2D eigenvalue weighted by atomic mass is 127. The number of aliphatic hydroxyl groups excluding tert-OH is 1. The van der Waals surface area contributed by atoms with Gasteiger partial charge < -0.3 is 5.11 Å². The second-order valence-electron chi connectivity index (χ2n) is 4.57. The van der Waals surface area contributed by atoms with Crippen molar-refractivity contribution in [1.29, 1.82) is 0 Å². The summed E-state index contributed by atoms with van der Waals surface area (Å²) in [6.45, 7) is 1.85. The van der Waals surface area contributed by atoms with Crippen LogP contribution in [0.15, 0.2) is 0 Å². The number of halogens is 1. The van der Waals surface area contributed by atoms with Crippen molar-refractivity contribution in [3.8, 4) is 0 Å². The fourth-order valence-corrected chi connectivity index (χ4v) is 3.22. The molecule has 2 aliphatic rings. The number of rotatable bonds is 5. The Hall–Kier alpha value is 0.920. The molecule has 1 heterocycles. The van der Waals surface area contributed by atoms with Gasteiger partial charge in [0.05, 0.1) is 0 Å². The van der Waals surface area contributed by atoms with Gasteiger partial charge in [-0.25, -0.2) is 8.59 Å². The minimum Gasteiger partial charge on any atom is -0.382 e. The molecule has 1 aliphatic heterocycles. The van der Waals surface area contributed by atoms with E-state index in [0.717, 1.165) is 32.0 Å². The van der Waals surface area contributed by atoms with Crippen LogP contribution in [0, 0.1) is 5.92 Å². The Morgan fingerprint density at radius 2 is 2.00 bits per heavy atom. The number of nitrogens with zero attached hydrogens (tertiary/aromatic N) is 2. The van der Waals surface area contributed by atoms with Crippen molar-refractivity contribution in [2.75, 3.05) is 20.1 Å². The standard InChI is InChI=1S/C10H19IN2O2S/c1-12(9-2-3-9)16-15-13-6-4-8(5-7-13)10(11)14/h8-10,14H,2-7H2,1H3. The Balaban J connectivity index is 1.61. The zero-order valence-corrected chi connectivity index (χ0v) is 12.5. The zero-order chi connectivity index (χ0) is 11.5. The quantitative estimate of drug-likeness (QED) is 0.352. The predicted molar refractivity (Wildman–Crippen MR) is 73.8 cm³/mol. The molecule has 1 saturated carbocycles. The molecule has 1 saturated heterocycles. The third-order valence-corrected chi connectivity index (χ3v) is 5.03. The summed E-state index contributed by atoms with van der Waals surface area (Å²) >= 11 is 3.56. The normalized spacial score (nSPS) is 26.2. The topological polar surface area (TPSA) is 35.9 Å². The van der Waals surface area contributed by atoms with Gasteiger partial charge in [-0.3, -0.25) is 0 Å². The van der Waals surface area contributed by atoms with E-state index in [0.29, 0.717) is 5.92 Å². The van der Waals surface area contributed by atoms with Gasteiger partial charge in [0.1, 0.15) is 16.3 Å². The van der Waals surface area contributed by atoms with Gasteiger partial charge >= 0.3 is 0 Å². The van der Waals surface area contributed by atoms with Crippen LogP contribution in [-0.2, 0) is 4.28 Å². The van der Waals surface area contributed by atoms with Crippen LogP contribution >= 0.6 is 34.8 Å². The van der Waals surface area contributed by atoms with Crippen molar-refractivity contribution in [2.24, 2.45) is 5.92 Å². The summed E-state index contributed by atoms with van der Waals surface area (Å²) in [5.41, 5.74) is 0. The van der Waals surface area contributed by atoms with E-state index in [1.54, 1.807) is 0 Å². The van der Waals surface area contributed by atoms with Gasteiger partial charge in [-0.05, 0) is 38.6 Å². The summed E-state index contributed by atoms with van der Waals surface area (Å²) in [6.07, 6.45) is 4.65. The Bertz CT molecular complexity index is 221.